The standard InChI is InChI=1S/C16H27NO3S/c1-4-8-17-13-15-12-14(3)6-7-16(15)20-9-11-21(18,19)10-5-2/h6-7,12,17H,4-5,8-11,13H2,1-3H3. The molecule has 0 fully saturated rings. The van der Waals surface area contributed by atoms with Crippen LogP contribution in [0.4, 0.5) is 0 Å². The van der Waals surface area contributed by atoms with Crippen LogP contribution in [-0.2, 0) is 16.4 Å². The third-order valence-electron chi connectivity index (χ3n) is 3.13. The monoisotopic (exact) mass is 313 g/mol. The van der Waals surface area contributed by atoms with Crippen molar-refractivity contribution in [3.63, 3.8) is 0 Å². The SMILES string of the molecule is CCCNCc1cc(C)ccc1OCCS(=O)(=O)CCC. The lowest BCUT2D eigenvalue weighted by atomic mass is 10.1. The summed E-state index contributed by atoms with van der Waals surface area (Å²) < 4.78 is 29.0. The van der Waals surface area contributed by atoms with Gasteiger partial charge in [-0.15, -0.1) is 0 Å². The molecule has 0 radical (unpaired) electrons. The summed E-state index contributed by atoms with van der Waals surface area (Å²) in [6.45, 7) is 7.95. The second-order valence-corrected chi connectivity index (χ2v) is 7.59. The van der Waals surface area contributed by atoms with Gasteiger partial charge in [0.1, 0.15) is 12.4 Å². The lowest BCUT2D eigenvalue weighted by Gasteiger charge is -2.13. The molecule has 0 aromatic heterocycles. The average molecular weight is 313 g/mol. The van der Waals surface area contributed by atoms with Gasteiger partial charge in [-0.1, -0.05) is 31.5 Å². The summed E-state index contributed by atoms with van der Waals surface area (Å²) in [6.07, 6.45) is 1.73. The predicted molar refractivity (Wildman–Crippen MR) is 87.6 cm³/mol. The van der Waals surface area contributed by atoms with Crippen molar-refractivity contribution in [3.05, 3.63) is 29.3 Å². The fourth-order valence-corrected chi connectivity index (χ4v) is 3.24. The first-order valence-electron chi connectivity index (χ1n) is 7.62. The molecule has 0 bridgehead atoms. The molecule has 0 atom stereocenters. The zero-order valence-corrected chi connectivity index (χ0v) is 14.1. The zero-order chi connectivity index (χ0) is 15.7. The Morgan fingerprint density at radius 3 is 2.57 bits per heavy atom. The van der Waals surface area contributed by atoms with Gasteiger partial charge in [-0.3, -0.25) is 0 Å². The smallest absolute Gasteiger partial charge is 0.153 e. The number of benzene rings is 1. The largest absolute Gasteiger partial charge is 0.492 e. The van der Waals surface area contributed by atoms with Gasteiger partial charge in [-0.25, -0.2) is 8.42 Å². The summed E-state index contributed by atoms with van der Waals surface area (Å²) in [6, 6.07) is 5.99. The molecule has 0 aliphatic carbocycles. The highest BCUT2D eigenvalue weighted by molar-refractivity contribution is 7.91. The van der Waals surface area contributed by atoms with E-state index in [-0.39, 0.29) is 18.1 Å². The Morgan fingerprint density at radius 2 is 1.90 bits per heavy atom. The number of nitrogens with one attached hydrogen (secondary N) is 1. The van der Waals surface area contributed by atoms with Crippen LogP contribution in [0.2, 0.25) is 0 Å². The summed E-state index contributed by atoms with van der Waals surface area (Å²) in [4.78, 5) is 0. The van der Waals surface area contributed by atoms with Gasteiger partial charge >= 0.3 is 0 Å². The van der Waals surface area contributed by atoms with Crippen LogP contribution in [0.3, 0.4) is 0 Å². The van der Waals surface area contributed by atoms with Gasteiger partial charge in [0, 0.05) is 12.1 Å². The lowest BCUT2D eigenvalue weighted by molar-refractivity contribution is 0.336. The van der Waals surface area contributed by atoms with Crippen LogP contribution in [-0.4, -0.2) is 33.1 Å². The molecule has 21 heavy (non-hydrogen) atoms. The van der Waals surface area contributed by atoms with E-state index in [1.54, 1.807) is 0 Å². The van der Waals surface area contributed by atoms with Gasteiger partial charge in [0.25, 0.3) is 0 Å². The van der Waals surface area contributed by atoms with E-state index in [0.717, 1.165) is 30.8 Å². The highest BCUT2D eigenvalue weighted by Gasteiger charge is 2.10. The molecule has 1 aromatic rings. The maximum atomic E-state index is 11.7. The Balaban J connectivity index is 2.61. The van der Waals surface area contributed by atoms with E-state index in [9.17, 15) is 8.42 Å². The molecule has 0 aliphatic heterocycles. The van der Waals surface area contributed by atoms with E-state index in [1.165, 1.54) is 5.56 Å². The maximum Gasteiger partial charge on any atom is 0.153 e. The quantitative estimate of drug-likeness (QED) is 0.675. The molecule has 0 saturated carbocycles. The Labute approximate surface area is 128 Å². The van der Waals surface area contributed by atoms with E-state index < -0.39 is 9.84 Å². The van der Waals surface area contributed by atoms with Crippen molar-refractivity contribution in [2.75, 3.05) is 24.7 Å². The fraction of sp³-hybridized carbons (Fsp3) is 0.625. The van der Waals surface area contributed by atoms with Crippen LogP contribution < -0.4 is 10.1 Å². The molecule has 1 rings (SSSR count). The molecule has 4 nitrogen and oxygen atoms in total. The van der Waals surface area contributed by atoms with Crippen molar-refractivity contribution in [3.8, 4) is 5.75 Å². The van der Waals surface area contributed by atoms with Gasteiger partial charge in [0.05, 0.1) is 11.5 Å². The summed E-state index contributed by atoms with van der Waals surface area (Å²) in [5, 5.41) is 3.35. The average Bonchev–Trinajstić information content (AvgIpc) is 2.41. The summed E-state index contributed by atoms with van der Waals surface area (Å²) in [5.74, 6) is 1.09. The van der Waals surface area contributed by atoms with Gasteiger partial charge in [0.15, 0.2) is 9.84 Å². The van der Waals surface area contributed by atoms with Crippen LogP contribution in [0.5, 0.6) is 5.75 Å². The Hall–Kier alpha value is -1.07. The molecule has 5 heteroatoms. The molecule has 120 valence electrons. The molecular formula is C16H27NO3S. The number of rotatable bonds is 10. The second-order valence-electron chi connectivity index (χ2n) is 5.29. The number of hydrogen-bond donors (Lipinski definition) is 1. The molecule has 0 saturated heterocycles. The Morgan fingerprint density at radius 1 is 1.14 bits per heavy atom. The molecule has 0 spiro atoms. The lowest BCUT2D eigenvalue weighted by Crippen LogP contribution is -2.18. The van der Waals surface area contributed by atoms with Gasteiger partial charge in [-0.05, 0) is 32.4 Å². The first-order chi connectivity index (χ1) is 9.98. The number of sulfone groups is 1. The number of aryl methyl sites for hydroxylation is 1. The van der Waals surface area contributed by atoms with Crippen molar-refractivity contribution >= 4 is 9.84 Å². The van der Waals surface area contributed by atoms with Crippen molar-refractivity contribution in [1.82, 2.24) is 5.32 Å². The van der Waals surface area contributed by atoms with E-state index in [1.807, 2.05) is 26.0 Å². The molecule has 1 N–H and O–H groups in total. The highest BCUT2D eigenvalue weighted by Crippen LogP contribution is 2.20. The van der Waals surface area contributed by atoms with Crippen LogP contribution in [0.15, 0.2) is 18.2 Å². The van der Waals surface area contributed by atoms with Gasteiger partial charge < -0.3 is 10.1 Å². The van der Waals surface area contributed by atoms with Crippen molar-refractivity contribution in [2.24, 2.45) is 0 Å². The second kappa shape index (κ2) is 9.05. The van der Waals surface area contributed by atoms with E-state index >= 15 is 0 Å². The summed E-state index contributed by atoms with van der Waals surface area (Å²) >= 11 is 0. The molecule has 0 heterocycles. The first kappa shape index (κ1) is 18.0. The minimum absolute atomic E-state index is 0.0799. The van der Waals surface area contributed by atoms with E-state index in [0.29, 0.717) is 6.42 Å². The van der Waals surface area contributed by atoms with Crippen LogP contribution in [0.25, 0.3) is 0 Å². The topological polar surface area (TPSA) is 55.4 Å². The number of hydrogen-bond acceptors (Lipinski definition) is 4. The third kappa shape index (κ3) is 6.96. The van der Waals surface area contributed by atoms with E-state index in [4.69, 9.17) is 4.74 Å². The van der Waals surface area contributed by atoms with Crippen molar-refractivity contribution < 1.29 is 13.2 Å². The molecule has 1 aromatic carbocycles. The summed E-state index contributed by atoms with van der Waals surface area (Å²) in [5.41, 5.74) is 2.26. The highest BCUT2D eigenvalue weighted by atomic mass is 32.2. The van der Waals surface area contributed by atoms with E-state index in [2.05, 4.69) is 18.3 Å². The molecule has 0 amide bonds. The van der Waals surface area contributed by atoms with Gasteiger partial charge in [-0.2, -0.15) is 0 Å². The number of ether oxygens (including phenoxy) is 1. The first-order valence-corrected chi connectivity index (χ1v) is 9.44. The van der Waals surface area contributed by atoms with Crippen LogP contribution in [0.1, 0.15) is 37.8 Å². The Kier molecular flexibility index (Phi) is 7.75. The van der Waals surface area contributed by atoms with Crippen LogP contribution in [0, 0.1) is 6.92 Å². The summed E-state index contributed by atoms with van der Waals surface area (Å²) in [7, 11) is -2.98. The fourth-order valence-electron chi connectivity index (χ4n) is 2.08. The third-order valence-corrected chi connectivity index (χ3v) is 4.94. The maximum absolute atomic E-state index is 11.7. The molecular weight excluding hydrogens is 286 g/mol. The van der Waals surface area contributed by atoms with Crippen molar-refractivity contribution in [1.29, 1.82) is 0 Å². The Bertz CT molecular complexity index is 526. The van der Waals surface area contributed by atoms with Gasteiger partial charge in [0.2, 0.25) is 0 Å². The predicted octanol–water partition coefficient (Wildman–Crippen LogP) is 2.70. The minimum Gasteiger partial charge on any atom is -0.492 e. The molecule has 0 aliphatic rings. The minimum atomic E-state index is -2.98. The molecule has 0 unspecified atom stereocenters. The zero-order valence-electron chi connectivity index (χ0n) is 13.3. The van der Waals surface area contributed by atoms with Crippen LogP contribution >= 0.6 is 0 Å². The normalized spacial score (nSPS) is 11.6. The van der Waals surface area contributed by atoms with Crippen molar-refractivity contribution in [2.45, 2.75) is 40.2 Å².